The van der Waals surface area contributed by atoms with Gasteiger partial charge in [0.1, 0.15) is 5.75 Å². The van der Waals surface area contributed by atoms with Gasteiger partial charge in [0, 0.05) is 79.0 Å². The van der Waals surface area contributed by atoms with Crippen LogP contribution in [0.1, 0.15) is 24.0 Å². The van der Waals surface area contributed by atoms with E-state index < -0.39 is 0 Å². The Morgan fingerprint density at radius 2 is 1.83 bits per heavy atom. The molecule has 2 aliphatic rings. The third-order valence-electron chi connectivity index (χ3n) is 8.96. The fraction of sp³-hybridized carbons (Fsp3) is 0.314. The molecule has 3 N–H and O–H groups in total. The Balaban J connectivity index is 1.16. The van der Waals surface area contributed by atoms with Crippen LogP contribution in [0.3, 0.4) is 0 Å². The Kier molecular flexibility index (Phi) is 8.54. The van der Waals surface area contributed by atoms with Crippen LogP contribution in [0.4, 0.5) is 0 Å². The minimum Gasteiger partial charge on any atom is -0.496 e. The molecule has 0 atom stereocenters. The topological polar surface area (TPSA) is 127 Å². The average molecular weight is 654 g/mol. The second-order valence-electron chi connectivity index (χ2n) is 12.1. The molecule has 2 fully saturated rings. The van der Waals surface area contributed by atoms with E-state index in [1.54, 1.807) is 25.1 Å². The van der Waals surface area contributed by atoms with E-state index in [4.69, 9.17) is 36.3 Å². The van der Waals surface area contributed by atoms with Gasteiger partial charge in [0.05, 0.1) is 48.8 Å². The summed E-state index contributed by atoms with van der Waals surface area (Å²) in [5.41, 5.74) is 5.98. The molecule has 1 spiro atoms. The molecule has 0 radical (unpaired) electrons. The number of likely N-dealkylation sites (tertiary alicyclic amines) is 1. The summed E-state index contributed by atoms with van der Waals surface area (Å²) in [6, 6.07) is 17.8. The van der Waals surface area contributed by atoms with Crippen molar-refractivity contribution in [3.63, 3.8) is 0 Å². The summed E-state index contributed by atoms with van der Waals surface area (Å²) in [5.74, 6) is 2.00. The summed E-state index contributed by atoms with van der Waals surface area (Å²) in [5, 5.41) is 21.6. The lowest BCUT2D eigenvalue weighted by Gasteiger charge is -2.48. The van der Waals surface area contributed by atoms with Gasteiger partial charge >= 0.3 is 0 Å². The van der Waals surface area contributed by atoms with Crippen molar-refractivity contribution in [2.75, 3.05) is 40.5 Å². The fourth-order valence-corrected chi connectivity index (χ4v) is 7.02. The molecule has 7 rings (SSSR count). The number of nitrogens with zero attached hydrogens (tertiary/aromatic N) is 5. The van der Waals surface area contributed by atoms with Crippen molar-refractivity contribution in [1.82, 2.24) is 35.3 Å². The molecule has 2 saturated heterocycles. The van der Waals surface area contributed by atoms with Crippen molar-refractivity contribution in [3.8, 4) is 39.8 Å². The lowest BCUT2D eigenvalue weighted by atomic mass is 9.88. The summed E-state index contributed by atoms with van der Waals surface area (Å²) in [6.45, 7) is 3.42. The van der Waals surface area contributed by atoms with Gasteiger partial charge in [-0.1, -0.05) is 48.0 Å². The normalized spacial score (nSPS) is 15.6. The summed E-state index contributed by atoms with van der Waals surface area (Å²) >= 11 is 7.14. The van der Waals surface area contributed by atoms with Crippen molar-refractivity contribution in [1.29, 1.82) is 0 Å². The van der Waals surface area contributed by atoms with E-state index in [-0.39, 0.29) is 18.1 Å². The van der Waals surface area contributed by atoms with Gasteiger partial charge in [-0.3, -0.25) is 9.69 Å². The van der Waals surface area contributed by atoms with Crippen LogP contribution in [0.2, 0.25) is 5.02 Å². The number of pyridine rings is 2. The van der Waals surface area contributed by atoms with E-state index in [0.29, 0.717) is 54.2 Å². The molecule has 0 unspecified atom stereocenters. The van der Waals surface area contributed by atoms with Crippen LogP contribution in [0.15, 0.2) is 67.0 Å². The molecule has 11 nitrogen and oxygen atoms in total. The van der Waals surface area contributed by atoms with Gasteiger partial charge in [0.25, 0.3) is 0 Å². The van der Waals surface area contributed by atoms with Gasteiger partial charge < -0.3 is 25.2 Å². The molecule has 1 amide bonds. The summed E-state index contributed by atoms with van der Waals surface area (Å²) in [6.07, 6.45) is 5.09. The largest absolute Gasteiger partial charge is 0.496 e. The smallest absolute Gasteiger partial charge is 0.220 e. The Morgan fingerprint density at radius 3 is 2.60 bits per heavy atom. The third-order valence-corrected chi connectivity index (χ3v) is 9.37. The summed E-state index contributed by atoms with van der Waals surface area (Å²) in [4.78, 5) is 23.6. The zero-order valence-electron chi connectivity index (χ0n) is 26.3. The number of aromatic nitrogens is 4. The molecule has 3 aromatic heterocycles. The molecule has 2 aromatic carbocycles. The first-order valence-corrected chi connectivity index (χ1v) is 16.0. The zero-order chi connectivity index (χ0) is 32.5. The van der Waals surface area contributed by atoms with Gasteiger partial charge in [-0.15, -0.1) is 0 Å². The Bertz CT molecular complexity index is 1960. The number of benzene rings is 2. The highest BCUT2D eigenvalue weighted by molar-refractivity contribution is 6.36. The van der Waals surface area contributed by atoms with E-state index in [1.165, 1.54) is 0 Å². The Labute approximate surface area is 277 Å². The molecule has 47 heavy (non-hydrogen) atoms. The van der Waals surface area contributed by atoms with E-state index in [0.717, 1.165) is 58.2 Å². The number of ether oxygens (including phenoxy) is 2. The maximum Gasteiger partial charge on any atom is 0.220 e. The molecule has 5 aromatic rings. The first-order valence-electron chi connectivity index (χ1n) is 15.6. The minimum absolute atomic E-state index is 0.0580. The van der Waals surface area contributed by atoms with Crippen LogP contribution in [0.25, 0.3) is 39.1 Å². The molecule has 242 valence electrons. The number of carbonyl (C=O) groups excluding carboxylic acids is 1. The minimum atomic E-state index is -0.0718. The fourth-order valence-electron chi connectivity index (χ4n) is 6.69. The highest BCUT2D eigenvalue weighted by atomic mass is 35.5. The summed E-state index contributed by atoms with van der Waals surface area (Å²) in [7, 11) is 3.26. The molecule has 0 bridgehead atoms. The number of carbonyl (C=O) groups is 1. The monoisotopic (exact) mass is 653 g/mol. The lowest BCUT2D eigenvalue weighted by molar-refractivity contribution is -0.120. The lowest BCUT2D eigenvalue weighted by Crippen LogP contribution is -2.66. The number of rotatable bonds is 11. The van der Waals surface area contributed by atoms with Crippen LogP contribution >= 0.6 is 11.6 Å². The second-order valence-corrected chi connectivity index (χ2v) is 12.4. The predicted octanol–water partition coefficient (Wildman–Crippen LogP) is 4.37. The van der Waals surface area contributed by atoms with Gasteiger partial charge in [-0.05, 0) is 24.1 Å². The van der Waals surface area contributed by atoms with Crippen LogP contribution in [-0.2, 0) is 17.9 Å². The van der Waals surface area contributed by atoms with Crippen LogP contribution < -0.4 is 20.1 Å². The molecule has 0 aliphatic carbocycles. The van der Waals surface area contributed by atoms with Crippen molar-refractivity contribution in [2.24, 2.45) is 0 Å². The molecule has 5 heterocycles. The Morgan fingerprint density at radius 1 is 1.02 bits per heavy atom. The van der Waals surface area contributed by atoms with E-state index in [2.05, 4.69) is 20.5 Å². The highest BCUT2D eigenvalue weighted by Crippen LogP contribution is 2.40. The maximum absolute atomic E-state index is 11.7. The predicted molar refractivity (Wildman–Crippen MR) is 180 cm³/mol. The first kappa shape index (κ1) is 31.1. The average Bonchev–Trinajstić information content (AvgIpc) is 3.69. The van der Waals surface area contributed by atoms with Crippen LogP contribution in [-0.4, -0.2) is 81.7 Å². The number of hydrogen-bond donors (Lipinski definition) is 3. The van der Waals surface area contributed by atoms with Gasteiger partial charge in [0.15, 0.2) is 5.82 Å². The molecule has 12 heteroatoms. The zero-order valence-corrected chi connectivity index (χ0v) is 27.0. The standard InChI is InChI=1S/C35H36ClN7O4/c1-46-30-15-31(38-17-23(30)16-37-13-14-44)43-29-8-4-5-24(27(29)18-39-43)25-6-3-7-26(33(25)36)28-10-9-22(34(40-28)47-2)19-42-20-35(21-42)12-11-32(45)41-35/h3-10,15,17-18,37,44H,11-14,16,19-21H2,1-2H3,(H,41,45). The van der Waals surface area contributed by atoms with Gasteiger partial charge in [0.2, 0.25) is 11.8 Å². The number of amides is 1. The number of nitrogens with one attached hydrogen (secondary N) is 2. The van der Waals surface area contributed by atoms with Crippen LogP contribution in [0.5, 0.6) is 11.6 Å². The number of hydrogen-bond acceptors (Lipinski definition) is 9. The van der Waals surface area contributed by atoms with E-state index >= 15 is 0 Å². The number of fused-ring (bicyclic) bond motifs is 1. The van der Waals surface area contributed by atoms with E-state index in [9.17, 15) is 4.79 Å². The van der Waals surface area contributed by atoms with Crippen molar-refractivity contribution in [2.45, 2.75) is 31.5 Å². The maximum atomic E-state index is 11.7. The molecule has 0 saturated carbocycles. The Hall–Kier alpha value is -4.55. The number of methoxy groups -OCH3 is 2. The van der Waals surface area contributed by atoms with Crippen molar-refractivity contribution < 1.29 is 19.4 Å². The van der Waals surface area contributed by atoms with Crippen LogP contribution in [0, 0.1) is 0 Å². The first-order chi connectivity index (χ1) is 22.9. The highest BCUT2D eigenvalue weighted by Gasteiger charge is 2.47. The molecule has 2 aliphatic heterocycles. The number of aliphatic hydroxyl groups excluding tert-OH is 1. The molecular weight excluding hydrogens is 618 g/mol. The number of halogens is 1. The van der Waals surface area contributed by atoms with E-state index in [1.807, 2.05) is 60.8 Å². The quantitative estimate of drug-likeness (QED) is 0.178. The molecular formula is C35H36ClN7O4. The second kappa shape index (κ2) is 12.9. The van der Waals surface area contributed by atoms with Gasteiger partial charge in [-0.25, -0.2) is 14.6 Å². The number of aliphatic hydroxyl groups is 1. The van der Waals surface area contributed by atoms with Crippen molar-refractivity contribution >= 4 is 28.4 Å². The SMILES string of the molecule is COc1cc(-n2ncc3c(-c4cccc(-c5ccc(CN6CC7(CCC(=O)N7)C6)c(OC)n5)c4Cl)cccc32)ncc1CNCCO. The summed E-state index contributed by atoms with van der Waals surface area (Å²) < 4.78 is 13.1. The van der Waals surface area contributed by atoms with Gasteiger partial charge in [-0.2, -0.15) is 5.10 Å². The third kappa shape index (κ3) is 5.91. The van der Waals surface area contributed by atoms with Crippen molar-refractivity contribution in [3.05, 3.63) is 83.1 Å².